The monoisotopic (exact) mass is 482 g/mol. The molecule has 1 aromatic heterocycles. The highest BCUT2D eigenvalue weighted by Gasteiger charge is 2.58. The van der Waals surface area contributed by atoms with E-state index in [1.807, 2.05) is 37.4 Å². The molecule has 160 valence electrons. The minimum Gasteiger partial charge on any atom is -0.494 e. The van der Waals surface area contributed by atoms with Crippen LogP contribution in [0.1, 0.15) is 25.0 Å². The molecular formula is C24H23BrN2O4. The van der Waals surface area contributed by atoms with E-state index in [4.69, 9.17) is 9.47 Å². The third-order valence-electron chi connectivity index (χ3n) is 6.52. The van der Waals surface area contributed by atoms with Gasteiger partial charge in [-0.25, -0.2) is 0 Å². The number of aromatic nitrogens is 1. The van der Waals surface area contributed by atoms with Gasteiger partial charge in [0.15, 0.2) is 23.3 Å². The third kappa shape index (κ3) is 2.56. The first kappa shape index (κ1) is 19.9. The van der Waals surface area contributed by atoms with E-state index in [1.165, 1.54) is 16.7 Å². The second-order valence-corrected chi connectivity index (χ2v) is 9.34. The van der Waals surface area contributed by atoms with Crippen molar-refractivity contribution in [3.8, 4) is 28.9 Å². The van der Waals surface area contributed by atoms with Gasteiger partial charge in [-0.15, -0.1) is 0 Å². The summed E-state index contributed by atoms with van der Waals surface area (Å²) in [6, 6.07) is 12.7. The number of rotatable bonds is 2. The summed E-state index contributed by atoms with van der Waals surface area (Å²) in [5.74, 6) is 1.32. The Labute approximate surface area is 189 Å². The summed E-state index contributed by atoms with van der Waals surface area (Å²) in [6.07, 6.45) is 4.16. The molecule has 1 atom stereocenters. The van der Waals surface area contributed by atoms with Gasteiger partial charge in [-0.2, -0.15) is 0 Å². The molecule has 0 aliphatic carbocycles. The average Bonchev–Trinajstić information content (AvgIpc) is 3.15. The molecule has 0 radical (unpaired) electrons. The number of ether oxygens (including phenoxy) is 2. The maximum absolute atomic E-state index is 10.2. The summed E-state index contributed by atoms with van der Waals surface area (Å²) in [6.45, 7) is 4.27. The summed E-state index contributed by atoms with van der Waals surface area (Å²) in [5.41, 5.74) is 2.45. The molecule has 6 nitrogen and oxygen atoms in total. The summed E-state index contributed by atoms with van der Waals surface area (Å²) in [5, 5.41) is 20.4. The Kier molecular flexibility index (Phi) is 4.15. The summed E-state index contributed by atoms with van der Waals surface area (Å²) >= 11 is 3.53. The van der Waals surface area contributed by atoms with Crippen molar-refractivity contribution in [2.75, 3.05) is 19.1 Å². The van der Waals surface area contributed by atoms with Gasteiger partial charge in [-0.05, 0) is 61.9 Å². The first-order chi connectivity index (χ1) is 14.7. The molecule has 3 heterocycles. The van der Waals surface area contributed by atoms with Crippen LogP contribution in [0.4, 0.5) is 5.69 Å². The molecule has 2 aliphatic heterocycles. The van der Waals surface area contributed by atoms with Gasteiger partial charge < -0.3 is 24.6 Å². The highest BCUT2D eigenvalue weighted by molar-refractivity contribution is 9.10. The van der Waals surface area contributed by atoms with Crippen LogP contribution in [0, 0.1) is 0 Å². The molecule has 5 rings (SSSR count). The van der Waals surface area contributed by atoms with Crippen LogP contribution in [0.15, 0.2) is 53.0 Å². The molecule has 0 amide bonds. The van der Waals surface area contributed by atoms with Crippen molar-refractivity contribution >= 4 is 27.7 Å². The second kappa shape index (κ2) is 6.47. The predicted molar refractivity (Wildman–Crippen MR) is 124 cm³/mol. The normalized spacial score (nSPS) is 20.5. The lowest BCUT2D eigenvalue weighted by molar-refractivity contribution is 0.0552. The number of halogens is 1. The van der Waals surface area contributed by atoms with Gasteiger partial charge in [0.05, 0.1) is 18.2 Å². The molecule has 7 heteroatoms. The van der Waals surface area contributed by atoms with E-state index >= 15 is 0 Å². The van der Waals surface area contributed by atoms with Gasteiger partial charge in [-0.1, -0.05) is 15.9 Å². The van der Waals surface area contributed by atoms with Crippen LogP contribution in [0.3, 0.4) is 0 Å². The van der Waals surface area contributed by atoms with Gasteiger partial charge in [0, 0.05) is 34.9 Å². The lowest BCUT2D eigenvalue weighted by Crippen LogP contribution is -2.58. The number of hydrogen-bond donors (Lipinski definition) is 2. The Morgan fingerprint density at radius 3 is 2.42 bits per heavy atom. The van der Waals surface area contributed by atoms with E-state index in [1.54, 1.807) is 7.11 Å². The maximum atomic E-state index is 10.2. The molecule has 2 N–H and O–H groups in total. The first-order valence-corrected chi connectivity index (χ1v) is 10.7. The number of hydrogen-bond acceptors (Lipinski definition) is 5. The zero-order chi connectivity index (χ0) is 22.1. The zero-order valence-corrected chi connectivity index (χ0v) is 19.3. The Balaban J connectivity index is 1.66. The first-order valence-electron chi connectivity index (χ1n) is 9.94. The zero-order valence-electron chi connectivity index (χ0n) is 17.7. The largest absolute Gasteiger partial charge is 0.494 e. The SMILES string of the molecule is COc1cc(Br)cc2c1OC1(C=C2)N(C)c2ccc(-n3c(O)ccc3O)cc2C1(C)C. The Morgan fingerprint density at radius 1 is 1.03 bits per heavy atom. The fourth-order valence-corrected chi connectivity index (χ4v) is 5.26. The van der Waals surface area contributed by atoms with Crippen LogP contribution in [0.25, 0.3) is 11.8 Å². The van der Waals surface area contributed by atoms with Crippen LogP contribution >= 0.6 is 15.9 Å². The summed E-state index contributed by atoms with van der Waals surface area (Å²) in [7, 11) is 3.65. The van der Waals surface area contributed by atoms with Gasteiger partial charge in [0.1, 0.15) is 0 Å². The number of likely N-dealkylation sites (N-methyl/N-ethyl adjacent to an activating group) is 1. The average molecular weight is 483 g/mol. The topological polar surface area (TPSA) is 67.1 Å². The lowest BCUT2D eigenvalue weighted by Gasteiger charge is -2.46. The number of methoxy groups -OCH3 is 1. The lowest BCUT2D eigenvalue weighted by atomic mass is 9.76. The van der Waals surface area contributed by atoms with Crippen molar-refractivity contribution in [1.82, 2.24) is 4.57 Å². The van der Waals surface area contributed by atoms with Gasteiger partial charge >= 0.3 is 0 Å². The second-order valence-electron chi connectivity index (χ2n) is 8.43. The molecule has 0 saturated heterocycles. The molecule has 3 aromatic rings. The predicted octanol–water partition coefficient (Wildman–Crippen LogP) is 5.19. The standard InChI is InChI=1S/C24H23BrN2O4/c1-23(2)17-13-16(27-20(28)7-8-21(27)29)5-6-18(17)26(3)24(23)10-9-14-11-15(25)12-19(30-4)22(14)31-24/h5-13,28-29H,1-4H3. The number of benzene rings is 2. The molecule has 0 saturated carbocycles. The van der Waals surface area contributed by atoms with Gasteiger partial charge in [0.2, 0.25) is 5.72 Å². The van der Waals surface area contributed by atoms with Crippen LogP contribution in [-0.2, 0) is 5.41 Å². The van der Waals surface area contributed by atoms with E-state index in [0.29, 0.717) is 17.2 Å². The molecule has 0 bridgehead atoms. The van der Waals surface area contributed by atoms with Crippen LogP contribution < -0.4 is 14.4 Å². The van der Waals surface area contributed by atoms with Crippen molar-refractivity contribution in [1.29, 1.82) is 0 Å². The smallest absolute Gasteiger partial charge is 0.212 e. The van der Waals surface area contributed by atoms with E-state index in [-0.39, 0.29) is 11.8 Å². The van der Waals surface area contributed by atoms with Crippen molar-refractivity contribution in [2.24, 2.45) is 0 Å². The summed E-state index contributed by atoms with van der Waals surface area (Å²) < 4.78 is 14.7. The number of aromatic hydroxyl groups is 2. The quantitative estimate of drug-likeness (QED) is 0.526. The Bertz CT molecular complexity index is 1230. The van der Waals surface area contributed by atoms with Crippen molar-refractivity contribution in [2.45, 2.75) is 25.0 Å². The molecule has 1 unspecified atom stereocenters. The van der Waals surface area contributed by atoms with Crippen molar-refractivity contribution in [3.63, 3.8) is 0 Å². The Hall–Kier alpha value is -3.06. The van der Waals surface area contributed by atoms with Crippen molar-refractivity contribution < 1.29 is 19.7 Å². The minimum atomic E-state index is -0.775. The molecular weight excluding hydrogens is 460 g/mol. The van der Waals surface area contributed by atoms with Crippen LogP contribution in [-0.4, -0.2) is 34.7 Å². The molecule has 2 aliphatic rings. The van der Waals surface area contributed by atoms with E-state index in [0.717, 1.165) is 21.3 Å². The van der Waals surface area contributed by atoms with Crippen LogP contribution in [0.5, 0.6) is 23.3 Å². The summed E-state index contributed by atoms with van der Waals surface area (Å²) in [4.78, 5) is 2.13. The highest BCUT2D eigenvalue weighted by Crippen LogP contribution is 2.56. The van der Waals surface area contributed by atoms with Crippen LogP contribution in [0.2, 0.25) is 0 Å². The molecule has 2 aromatic carbocycles. The van der Waals surface area contributed by atoms with Crippen molar-refractivity contribution in [3.05, 3.63) is 64.1 Å². The Morgan fingerprint density at radius 2 is 1.74 bits per heavy atom. The van der Waals surface area contributed by atoms with Gasteiger partial charge in [-0.3, -0.25) is 4.57 Å². The van der Waals surface area contributed by atoms with E-state index < -0.39 is 11.1 Å². The highest BCUT2D eigenvalue weighted by atomic mass is 79.9. The number of anilines is 1. The third-order valence-corrected chi connectivity index (χ3v) is 6.98. The molecule has 0 fully saturated rings. The molecule has 31 heavy (non-hydrogen) atoms. The minimum absolute atomic E-state index is 0.0191. The maximum Gasteiger partial charge on any atom is 0.212 e. The van der Waals surface area contributed by atoms with Gasteiger partial charge in [0.25, 0.3) is 0 Å². The fourth-order valence-electron chi connectivity index (χ4n) is 4.81. The van der Waals surface area contributed by atoms with E-state index in [9.17, 15) is 10.2 Å². The molecule has 1 spiro atoms. The van der Waals surface area contributed by atoms with E-state index in [2.05, 4.69) is 46.8 Å². The number of nitrogens with zero attached hydrogens (tertiary/aromatic N) is 2. The number of fused-ring (bicyclic) bond motifs is 2. The fraction of sp³-hybridized carbons (Fsp3) is 0.250.